The Morgan fingerprint density at radius 2 is 2.24 bits per heavy atom. The molecule has 2 aromatic rings. The third kappa shape index (κ3) is 2.39. The van der Waals surface area contributed by atoms with Crippen molar-refractivity contribution < 1.29 is 9.53 Å². The largest absolute Gasteiger partial charge is 0.481 e. The second-order valence-electron chi connectivity index (χ2n) is 5.28. The Morgan fingerprint density at radius 3 is 2.95 bits per heavy atom. The highest BCUT2D eigenvalue weighted by molar-refractivity contribution is 5.92. The van der Waals surface area contributed by atoms with Gasteiger partial charge >= 0.3 is 0 Å². The number of methoxy groups -OCH3 is 1. The summed E-state index contributed by atoms with van der Waals surface area (Å²) >= 11 is 0. The summed E-state index contributed by atoms with van der Waals surface area (Å²) in [6, 6.07) is 1.64. The molecule has 1 aliphatic carbocycles. The van der Waals surface area contributed by atoms with Crippen molar-refractivity contribution >= 4 is 5.91 Å². The van der Waals surface area contributed by atoms with Crippen LogP contribution in [0.1, 0.15) is 40.6 Å². The number of aromatic nitrogens is 4. The quantitative estimate of drug-likeness (QED) is 0.913. The van der Waals surface area contributed by atoms with Crippen LogP contribution in [0.25, 0.3) is 0 Å². The number of nitrogens with one attached hydrogen (secondary N) is 1. The van der Waals surface area contributed by atoms with Gasteiger partial charge in [0, 0.05) is 31.4 Å². The lowest BCUT2D eigenvalue weighted by Gasteiger charge is -2.23. The van der Waals surface area contributed by atoms with Gasteiger partial charge in [-0.2, -0.15) is 10.2 Å². The SMILES string of the molecule is COc1cc(C(=O)N[C@@H]2CCCc3c2cnn3C)nn1C. The van der Waals surface area contributed by atoms with Crippen LogP contribution in [0.3, 0.4) is 0 Å². The third-order valence-electron chi connectivity index (χ3n) is 3.96. The summed E-state index contributed by atoms with van der Waals surface area (Å²) < 4.78 is 8.57. The van der Waals surface area contributed by atoms with Crippen LogP contribution in [0.2, 0.25) is 0 Å². The molecular weight excluding hydrogens is 270 g/mol. The Morgan fingerprint density at radius 1 is 1.43 bits per heavy atom. The molecule has 7 nitrogen and oxygen atoms in total. The van der Waals surface area contributed by atoms with Gasteiger partial charge in [0.1, 0.15) is 0 Å². The summed E-state index contributed by atoms with van der Waals surface area (Å²) in [6.45, 7) is 0. The Kier molecular flexibility index (Phi) is 3.40. The molecule has 0 saturated carbocycles. The van der Waals surface area contributed by atoms with E-state index in [0.717, 1.165) is 24.8 Å². The smallest absolute Gasteiger partial charge is 0.272 e. The summed E-state index contributed by atoms with van der Waals surface area (Å²) in [4.78, 5) is 12.3. The van der Waals surface area contributed by atoms with Crippen LogP contribution >= 0.6 is 0 Å². The lowest BCUT2D eigenvalue weighted by Crippen LogP contribution is -2.31. The fraction of sp³-hybridized carbons (Fsp3) is 0.500. The van der Waals surface area contributed by atoms with Crippen LogP contribution in [0.15, 0.2) is 12.3 Å². The first-order valence-electron chi connectivity index (χ1n) is 7.00. The van der Waals surface area contributed by atoms with Crippen molar-refractivity contribution in [1.29, 1.82) is 0 Å². The van der Waals surface area contributed by atoms with Gasteiger partial charge < -0.3 is 10.1 Å². The molecule has 1 N–H and O–H groups in total. The minimum Gasteiger partial charge on any atom is -0.481 e. The molecule has 3 rings (SSSR count). The van der Waals surface area contributed by atoms with Crippen LogP contribution < -0.4 is 10.1 Å². The van der Waals surface area contributed by atoms with E-state index in [9.17, 15) is 4.79 Å². The van der Waals surface area contributed by atoms with Crippen LogP contribution in [0, 0.1) is 0 Å². The second-order valence-corrected chi connectivity index (χ2v) is 5.28. The van der Waals surface area contributed by atoms with E-state index in [4.69, 9.17) is 4.74 Å². The minimum absolute atomic E-state index is 0.00273. The fourth-order valence-electron chi connectivity index (χ4n) is 2.84. The highest BCUT2D eigenvalue weighted by Gasteiger charge is 2.26. The molecule has 112 valence electrons. The number of rotatable bonds is 3. The first-order valence-corrected chi connectivity index (χ1v) is 7.00. The zero-order valence-electron chi connectivity index (χ0n) is 12.5. The predicted molar refractivity (Wildman–Crippen MR) is 76.1 cm³/mol. The molecule has 2 heterocycles. The number of fused-ring (bicyclic) bond motifs is 1. The van der Waals surface area contributed by atoms with Crippen molar-refractivity contribution in [2.45, 2.75) is 25.3 Å². The van der Waals surface area contributed by atoms with Gasteiger partial charge in [0.15, 0.2) is 5.69 Å². The molecule has 1 aliphatic rings. The maximum atomic E-state index is 12.3. The normalized spacial score (nSPS) is 17.4. The Labute approximate surface area is 122 Å². The van der Waals surface area contributed by atoms with E-state index in [-0.39, 0.29) is 11.9 Å². The van der Waals surface area contributed by atoms with E-state index < -0.39 is 0 Å². The lowest BCUT2D eigenvalue weighted by atomic mass is 9.93. The Balaban J connectivity index is 1.79. The van der Waals surface area contributed by atoms with Crippen molar-refractivity contribution in [2.75, 3.05) is 7.11 Å². The highest BCUT2D eigenvalue weighted by Crippen LogP contribution is 2.29. The maximum Gasteiger partial charge on any atom is 0.272 e. The molecule has 7 heteroatoms. The van der Waals surface area contributed by atoms with Crippen molar-refractivity contribution in [2.24, 2.45) is 14.1 Å². The number of nitrogens with zero attached hydrogens (tertiary/aromatic N) is 4. The molecule has 21 heavy (non-hydrogen) atoms. The third-order valence-corrected chi connectivity index (χ3v) is 3.96. The van der Waals surface area contributed by atoms with E-state index in [1.807, 2.05) is 17.9 Å². The number of hydrogen-bond acceptors (Lipinski definition) is 4. The van der Waals surface area contributed by atoms with Gasteiger partial charge in [0.25, 0.3) is 5.91 Å². The first-order chi connectivity index (χ1) is 10.1. The number of ether oxygens (including phenoxy) is 1. The van der Waals surface area contributed by atoms with E-state index >= 15 is 0 Å². The summed E-state index contributed by atoms with van der Waals surface area (Å²) in [5, 5.41) is 11.5. The van der Waals surface area contributed by atoms with Gasteiger partial charge in [-0.15, -0.1) is 0 Å². The van der Waals surface area contributed by atoms with Gasteiger partial charge in [0.05, 0.1) is 19.3 Å². The zero-order valence-corrected chi connectivity index (χ0v) is 12.5. The maximum absolute atomic E-state index is 12.3. The van der Waals surface area contributed by atoms with Gasteiger partial charge in [-0.3, -0.25) is 9.48 Å². The van der Waals surface area contributed by atoms with Crippen molar-refractivity contribution in [3.05, 3.63) is 29.2 Å². The standard InChI is InChI=1S/C14H19N5O2/c1-18-12-6-4-5-10(9(12)8-15-18)16-14(20)11-7-13(21-3)19(2)17-11/h7-8,10H,4-6H2,1-3H3,(H,16,20)/t10-/m1/s1. The van der Waals surface area contributed by atoms with E-state index in [1.165, 1.54) is 5.69 Å². The molecule has 0 unspecified atom stereocenters. The Bertz CT molecular complexity index is 673. The first kappa shape index (κ1) is 13.7. The number of hydrogen-bond donors (Lipinski definition) is 1. The number of amides is 1. The molecule has 1 atom stereocenters. The predicted octanol–water partition coefficient (Wildman–Crippen LogP) is 0.970. The molecule has 2 aromatic heterocycles. The highest BCUT2D eigenvalue weighted by atomic mass is 16.5. The van der Waals surface area contributed by atoms with Gasteiger partial charge in [0.2, 0.25) is 5.88 Å². The molecule has 0 radical (unpaired) electrons. The van der Waals surface area contributed by atoms with Crippen LogP contribution in [0.4, 0.5) is 0 Å². The van der Waals surface area contributed by atoms with Gasteiger partial charge in [-0.05, 0) is 19.3 Å². The van der Waals surface area contributed by atoms with Crippen molar-refractivity contribution in [3.63, 3.8) is 0 Å². The number of carbonyl (C=O) groups is 1. The second kappa shape index (κ2) is 5.23. The van der Waals surface area contributed by atoms with Crippen molar-refractivity contribution in [3.8, 4) is 5.88 Å². The van der Waals surface area contributed by atoms with Gasteiger partial charge in [-0.25, -0.2) is 4.68 Å². The molecule has 0 spiro atoms. The summed E-state index contributed by atoms with van der Waals surface area (Å²) in [7, 11) is 5.24. The number of aryl methyl sites for hydroxylation is 2. The van der Waals surface area contributed by atoms with E-state index in [1.54, 1.807) is 24.9 Å². The average molecular weight is 289 g/mol. The van der Waals surface area contributed by atoms with Crippen LogP contribution in [-0.2, 0) is 20.5 Å². The summed E-state index contributed by atoms with van der Waals surface area (Å²) in [6.07, 6.45) is 4.82. The van der Waals surface area contributed by atoms with Crippen molar-refractivity contribution in [1.82, 2.24) is 24.9 Å². The number of carbonyl (C=O) groups excluding carboxylic acids is 1. The fourth-order valence-corrected chi connectivity index (χ4v) is 2.84. The molecule has 0 aliphatic heterocycles. The average Bonchev–Trinajstić information content (AvgIpc) is 3.03. The molecule has 1 amide bonds. The monoisotopic (exact) mass is 289 g/mol. The topological polar surface area (TPSA) is 74.0 Å². The molecule has 0 fully saturated rings. The zero-order chi connectivity index (χ0) is 15.0. The molecule has 0 saturated heterocycles. The van der Waals surface area contributed by atoms with E-state index in [0.29, 0.717) is 11.6 Å². The van der Waals surface area contributed by atoms with Gasteiger partial charge in [-0.1, -0.05) is 0 Å². The van der Waals surface area contributed by atoms with E-state index in [2.05, 4.69) is 15.5 Å². The Hall–Kier alpha value is -2.31. The minimum atomic E-state index is -0.185. The summed E-state index contributed by atoms with van der Waals surface area (Å²) in [5.41, 5.74) is 2.68. The summed E-state index contributed by atoms with van der Waals surface area (Å²) in [5.74, 6) is 0.376. The van der Waals surface area contributed by atoms with Crippen LogP contribution in [-0.4, -0.2) is 32.6 Å². The molecule has 0 bridgehead atoms. The molecular formula is C14H19N5O2. The van der Waals surface area contributed by atoms with Crippen LogP contribution in [0.5, 0.6) is 5.88 Å². The lowest BCUT2D eigenvalue weighted by molar-refractivity contribution is 0.0927. The molecule has 0 aromatic carbocycles.